The number of allylic oxidation sites excluding steroid dienone is 8. The molecule has 0 saturated carbocycles. The number of hydrogen-bond donors (Lipinski definition) is 0. The molecule has 0 saturated heterocycles. The van der Waals surface area contributed by atoms with E-state index in [0.717, 1.165) is 45.6 Å². The van der Waals surface area contributed by atoms with Gasteiger partial charge in [0.05, 0.1) is 24.5 Å². The molecule has 0 unspecified atom stereocenters. The monoisotopic (exact) mass is 1280 g/mol. The van der Waals surface area contributed by atoms with Gasteiger partial charge in [-0.2, -0.15) is 72.8 Å². The summed E-state index contributed by atoms with van der Waals surface area (Å²) >= 11 is 0. The maximum atomic E-state index is 12.1. The van der Waals surface area contributed by atoms with Crippen molar-refractivity contribution in [1.82, 2.24) is 0 Å². The molecular weight excluding hydrogens is 1180 g/mol. The molecule has 6 aromatic rings. The van der Waals surface area contributed by atoms with Crippen LogP contribution in [-0.2, 0) is 96.7 Å². The van der Waals surface area contributed by atoms with Crippen LogP contribution in [0.25, 0.3) is 0 Å². The zero-order chi connectivity index (χ0) is 61.6. The summed E-state index contributed by atoms with van der Waals surface area (Å²) in [6.45, 7) is 42.2. The van der Waals surface area contributed by atoms with Gasteiger partial charge in [0.25, 0.3) is 0 Å². The summed E-state index contributed by atoms with van der Waals surface area (Å²) in [6.07, 6.45) is 12.9. The van der Waals surface area contributed by atoms with Crippen molar-refractivity contribution in [2.45, 2.75) is 160 Å². The van der Waals surface area contributed by atoms with E-state index in [0.29, 0.717) is 13.1 Å². The number of ketones is 2. The minimum absolute atomic E-state index is 0. The van der Waals surface area contributed by atoms with E-state index in [1.807, 2.05) is 131 Å². The Labute approximate surface area is 560 Å². The van der Waals surface area contributed by atoms with E-state index >= 15 is 0 Å². The second-order valence-corrected chi connectivity index (χ2v) is 21.8. The number of carbonyl (C=O) groups excluding carboxylic acids is 2. The SMILES string of the molecule is CC.CC.CC.CC.[CH2-][N+]1=C(C=CC=C2N(CC(C)=O)c3ccc(C)cc3C2(C)C)C(C)(C)c2ccccc21.[CH2-][N+]1=C(C=CC=C2N(CC(C)=O)c3ccccc3C2(C)C)C(C)(C)c2cc(C)ccc21.[Y].[Y].[c-]1ccccc1.[c-]1ccccc1. The van der Waals surface area contributed by atoms with Crippen molar-refractivity contribution >= 4 is 45.7 Å². The molecule has 0 fully saturated rings. The van der Waals surface area contributed by atoms with Gasteiger partial charge in [-0.1, -0.05) is 207 Å². The first-order valence-corrected chi connectivity index (χ1v) is 29.6. The number of hydrogen-bond acceptors (Lipinski definition) is 4. The minimum atomic E-state index is -0.176. The largest absolute Gasteiger partial charge is 0.337 e. The van der Waals surface area contributed by atoms with Gasteiger partial charge >= 0.3 is 0 Å². The Morgan fingerprint density at radius 2 is 0.810 bits per heavy atom. The van der Waals surface area contributed by atoms with Crippen LogP contribution < -0.4 is 9.80 Å². The van der Waals surface area contributed by atoms with E-state index < -0.39 is 0 Å². The number of benzene rings is 6. The standard InChI is InChI=1S/2C28H32N2O.2C6H5.4C2H6.2Y/c1-19-15-16-23-22(17-19)28(5,6)25(29(23)7)13-10-14-26-27(3,4)21-11-8-9-12-24(21)30(26)18-20(2)31;1-19-15-16-24-22(17-19)28(5,6)26(30(24)18-20(2)31)14-10-13-25-27(3,4)21-11-8-9-12-23(21)29(25)7;2*1-2-4-6-5-3-1;4*1-2;;/h2*8-17H,7,18H2,1-6H3;2*1-5H;4*1-2H3;;/q;;2*-1;;;;;;. The molecule has 0 bridgehead atoms. The second kappa shape index (κ2) is 35.8. The van der Waals surface area contributed by atoms with Crippen LogP contribution in [-0.4, -0.2) is 45.2 Å². The Morgan fingerprint density at radius 1 is 0.452 bits per heavy atom. The Morgan fingerprint density at radius 3 is 1.21 bits per heavy atom. The van der Waals surface area contributed by atoms with Gasteiger partial charge < -0.3 is 19.0 Å². The number of aryl methyl sites for hydroxylation is 2. The third-order valence-electron chi connectivity index (χ3n) is 14.7. The van der Waals surface area contributed by atoms with Gasteiger partial charge in [-0.3, -0.25) is 9.59 Å². The van der Waals surface area contributed by atoms with Crippen molar-refractivity contribution in [2.24, 2.45) is 0 Å². The van der Waals surface area contributed by atoms with E-state index in [9.17, 15) is 9.59 Å². The average molecular weight is 1280 g/mol. The third-order valence-corrected chi connectivity index (χ3v) is 14.7. The Balaban J connectivity index is 0.000000624. The van der Waals surface area contributed by atoms with Crippen LogP contribution in [0.3, 0.4) is 0 Å². The zero-order valence-corrected chi connectivity index (χ0v) is 60.6. The number of fused-ring (bicyclic) bond motifs is 4. The molecule has 0 atom stereocenters. The quantitative estimate of drug-likeness (QED) is 0.113. The summed E-state index contributed by atoms with van der Waals surface area (Å²) in [7, 11) is 8.62. The number of nitrogens with zero attached hydrogens (tertiary/aromatic N) is 4. The summed E-state index contributed by atoms with van der Waals surface area (Å²) in [5, 5.41) is 0. The number of anilines is 2. The van der Waals surface area contributed by atoms with Crippen LogP contribution in [0.1, 0.15) is 158 Å². The van der Waals surface area contributed by atoms with Gasteiger partial charge in [-0.15, -0.1) is 0 Å². The number of rotatable bonds is 8. The normalized spacial score (nSPS) is 16.1. The van der Waals surface area contributed by atoms with E-state index in [-0.39, 0.29) is 98.6 Å². The fraction of sp³-hybridized carbons (Fsp3) is 0.342. The molecule has 8 heteroatoms. The maximum Gasteiger partial charge on any atom is 0.149 e. The molecular formula is C76H98N4O2Y2-2. The Hall–Kier alpha value is -5.49. The maximum absolute atomic E-state index is 12.1. The summed E-state index contributed by atoms with van der Waals surface area (Å²) in [6, 6.07) is 54.9. The summed E-state index contributed by atoms with van der Waals surface area (Å²) in [5.74, 6) is 0.313. The second-order valence-electron chi connectivity index (χ2n) is 21.8. The van der Waals surface area contributed by atoms with Gasteiger partial charge in [0.15, 0.2) is 0 Å². The van der Waals surface area contributed by atoms with Crippen LogP contribution in [0.2, 0.25) is 0 Å². The summed E-state index contributed by atoms with van der Waals surface area (Å²) in [4.78, 5) is 28.4. The molecule has 4 aliphatic heterocycles. The topological polar surface area (TPSA) is 46.6 Å². The predicted molar refractivity (Wildman–Crippen MR) is 354 cm³/mol. The molecule has 84 heavy (non-hydrogen) atoms. The third kappa shape index (κ3) is 18.3. The molecule has 6 aromatic carbocycles. The van der Waals surface area contributed by atoms with Gasteiger partial charge in [0.2, 0.25) is 0 Å². The molecule has 0 amide bonds. The zero-order valence-electron chi connectivity index (χ0n) is 54.9. The number of carbonyl (C=O) groups is 2. The van der Waals surface area contributed by atoms with Crippen molar-refractivity contribution < 1.29 is 84.2 Å². The smallest absolute Gasteiger partial charge is 0.149 e. The molecule has 0 aromatic heterocycles. The molecule has 2 radical (unpaired) electrons. The van der Waals surface area contributed by atoms with Crippen LogP contribution in [0.15, 0.2) is 193 Å². The fourth-order valence-corrected chi connectivity index (χ4v) is 10.8. The molecule has 0 aliphatic carbocycles. The van der Waals surface area contributed by atoms with Crippen molar-refractivity contribution in [1.29, 1.82) is 0 Å². The number of Topliss-reactive ketones (excluding diaryl/α,β-unsaturated/α-hetero) is 2. The van der Waals surface area contributed by atoms with Gasteiger partial charge in [-0.05, 0) is 86.4 Å². The van der Waals surface area contributed by atoms with E-state index in [2.05, 4.69) is 221 Å². The van der Waals surface area contributed by atoms with Crippen molar-refractivity contribution in [3.63, 3.8) is 0 Å². The van der Waals surface area contributed by atoms with Crippen LogP contribution >= 0.6 is 0 Å². The van der Waals surface area contributed by atoms with Gasteiger partial charge in [0, 0.05) is 124 Å². The average Bonchev–Trinajstić information content (AvgIpc) is 2.82. The van der Waals surface area contributed by atoms with Gasteiger partial charge in [-0.25, -0.2) is 0 Å². The van der Waals surface area contributed by atoms with Crippen molar-refractivity contribution in [3.8, 4) is 0 Å². The Kier molecular flexibility index (Phi) is 32.7. The number of para-hydroxylation sites is 2. The van der Waals surface area contributed by atoms with E-state index in [1.165, 1.54) is 33.4 Å². The first-order chi connectivity index (χ1) is 39.1. The molecule has 0 N–H and O–H groups in total. The van der Waals surface area contributed by atoms with Crippen LogP contribution in [0, 0.1) is 40.1 Å². The Bertz CT molecular complexity index is 3140. The molecule has 6 nitrogen and oxygen atoms in total. The predicted octanol–water partition coefficient (Wildman–Crippen LogP) is 19.1. The first-order valence-electron chi connectivity index (χ1n) is 29.6. The van der Waals surface area contributed by atoms with Gasteiger partial charge in [0.1, 0.15) is 22.9 Å². The summed E-state index contributed by atoms with van der Waals surface area (Å²) < 4.78 is 4.08. The van der Waals surface area contributed by atoms with Crippen molar-refractivity contribution in [3.05, 3.63) is 253 Å². The minimum Gasteiger partial charge on any atom is -0.337 e. The van der Waals surface area contributed by atoms with Crippen LogP contribution in [0.5, 0.6) is 0 Å². The first kappa shape index (κ1) is 76.5. The molecule has 442 valence electrons. The molecule has 4 aliphatic rings. The van der Waals surface area contributed by atoms with Crippen molar-refractivity contribution in [2.75, 3.05) is 22.9 Å². The summed E-state index contributed by atoms with van der Waals surface area (Å²) in [5.41, 5.74) is 16.2. The molecule has 10 rings (SSSR count). The van der Waals surface area contributed by atoms with E-state index in [1.54, 1.807) is 13.8 Å². The van der Waals surface area contributed by atoms with E-state index in [4.69, 9.17) is 0 Å². The molecule has 0 spiro atoms. The molecule has 4 heterocycles. The fourth-order valence-electron chi connectivity index (χ4n) is 10.8. The van der Waals surface area contributed by atoms with Crippen LogP contribution in [0.4, 0.5) is 22.7 Å².